The molecule has 0 aliphatic heterocycles. The van der Waals surface area contributed by atoms with E-state index < -0.39 is 0 Å². The highest BCUT2D eigenvalue weighted by atomic mass is 32.1. The van der Waals surface area contributed by atoms with Crippen LogP contribution in [0, 0.1) is 13.8 Å². The van der Waals surface area contributed by atoms with Crippen molar-refractivity contribution in [2.24, 2.45) is 10.9 Å². The SMILES string of the molecule is C/C(=N/O)c1cccc(-c2ccc3cnn(-c4ncc(C)s4)c3c2)n1.Cc1cnc(-n2ncc3ccc(-c4cccc(C(C)N)n4)cc32)s1. The van der Waals surface area contributed by atoms with E-state index in [-0.39, 0.29) is 6.04 Å². The molecule has 0 aliphatic rings. The van der Waals surface area contributed by atoms with Gasteiger partial charge in [-0.1, -0.05) is 41.6 Å². The minimum atomic E-state index is -0.0856. The van der Waals surface area contributed by atoms with Crippen molar-refractivity contribution >= 4 is 50.2 Å². The second-order valence-electron chi connectivity index (χ2n) is 11.5. The number of aromatic nitrogens is 8. The molecule has 0 radical (unpaired) electrons. The van der Waals surface area contributed by atoms with Crippen LogP contribution in [-0.2, 0) is 0 Å². The third-order valence-electron chi connectivity index (χ3n) is 7.82. The Bertz CT molecular complexity index is 2450. The fourth-order valence-electron chi connectivity index (χ4n) is 5.26. The fraction of sp³-hybridized carbons (Fsp3) is 0.139. The summed E-state index contributed by atoms with van der Waals surface area (Å²) in [4.78, 5) is 20.4. The molecule has 1 unspecified atom stereocenters. The van der Waals surface area contributed by atoms with Crippen LogP contribution >= 0.6 is 22.7 Å². The molecule has 13 heteroatoms. The Hall–Kier alpha value is -5.63. The minimum Gasteiger partial charge on any atom is -0.411 e. The van der Waals surface area contributed by atoms with E-state index in [1.807, 2.05) is 103 Å². The normalized spacial score (nSPS) is 12.3. The molecule has 2 aromatic carbocycles. The summed E-state index contributed by atoms with van der Waals surface area (Å²) in [5, 5.41) is 25.0. The zero-order chi connectivity index (χ0) is 34.1. The zero-order valence-electron chi connectivity index (χ0n) is 27.2. The van der Waals surface area contributed by atoms with E-state index in [4.69, 9.17) is 10.9 Å². The van der Waals surface area contributed by atoms with Gasteiger partial charge in [0.25, 0.3) is 0 Å². The van der Waals surface area contributed by atoms with Gasteiger partial charge < -0.3 is 10.9 Å². The number of pyridine rings is 2. The van der Waals surface area contributed by atoms with E-state index in [1.165, 1.54) is 0 Å². The van der Waals surface area contributed by atoms with Crippen LogP contribution in [0.3, 0.4) is 0 Å². The molecule has 0 amide bonds. The van der Waals surface area contributed by atoms with Gasteiger partial charge in [0.15, 0.2) is 0 Å². The molecule has 0 saturated carbocycles. The molecule has 6 heterocycles. The zero-order valence-corrected chi connectivity index (χ0v) is 28.8. The molecule has 0 saturated heterocycles. The molecule has 49 heavy (non-hydrogen) atoms. The van der Waals surface area contributed by atoms with Gasteiger partial charge in [-0.25, -0.2) is 24.3 Å². The number of hydrogen-bond donors (Lipinski definition) is 2. The molecule has 244 valence electrons. The first-order valence-electron chi connectivity index (χ1n) is 15.5. The third-order valence-corrected chi connectivity index (χ3v) is 9.60. The maximum atomic E-state index is 8.96. The highest BCUT2D eigenvalue weighted by Crippen LogP contribution is 2.28. The number of thiazole rings is 2. The largest absolute Gasteiger partial charge is 0.411 e. The molecule has 0 fully saturated rings. The predicted molar refractivity (Wildman–Crippen MR) is 196 cm³/mol. The van der Waals surface area contributed by atoms with Crippen LogP contribution in [0.25, 0.3) is 54.6 Å². The Morgan fingerprint density at radius 3 is 1.76 bits per heavy atom. The number of rotatable bonds is 6. The number of nitrogens with zero attached hydrogens (tertiary/aromatic N) is 9. The van der Waals surface area contributed by atoms with E-state index >= 15 is 0 Å². The molecule has 3 N–H and O–H groups in total. The average Bonchev–Trinajstić information content (AvgIpc) is 3.94. The van der Waals surface area contributed by atoms with Crippen molar-refractivity contribution in [1.29, 1.82) is 0 Å². The summed E-state index contributed by atoms with van der Waals surface area (Å²) in [7, 11) is 0. The summed E-state index contributed by atoms with van der Waals surface area (Å²) in [5.41, 5.74) is 13.7. The Kier molecular flexibility index (Phi) is 8.78. The van der Waals surface area contributed by atoms with Crippen LogP contribution < -0.4 is 5.73 Å². The van der Waals surface area contributed by atoms with Crippen LogP contribution in [0.4, 0.5) is 0 Å². The smallest absolute Gasteiger partial charge is 0.211 e. The molecule has 0 spiro atoms. The lowest BCUT2D eigenvalue weighted by Crippen LogP contribution is -2.07. The maximum absolute atomic E-state index is 8.96. The van der Waals surface area contributed by atoms with E-state index in [0.29, 0.717) is 11.4 Å². The Labute approximate surface area is 290 Å². The Morgan fingerprint density at radius 1 is 0.735 bits per heavy atom. The molecule has 6 aromatic heterocycles. The third kappa shape index (κ3) is 6.59. The van der Waals surface area contributed by atoms with Gasteiger partial charge in [-0.2, -0.15) is 10.2 Å². The molecule has 1 atom stereocenters. The average molecular weight is 685 g/mol. The Morgan fingerprint density at radius 2 is 1.27 bits per heavy atom. The van der Waals surface area contributed by atoms with Gasteiger partial charge in [-0.15, -0.1) is 22.7 Å². The van der Waals surface area contributed by atoms with Crippen LogP contribution in [-0.4, -0.2) is 50.4 Å². The van der Waals surface area contributed by atoms with Crippen molar-refractivity contribution in [1.82, 2.24) is 39.5 Å². The summed E-state index contributed by atoms with van der Waals surface area (Å²) in [5.74, 6) is 0. The number of nitrogens with two attached hydrogens (primary N) is 1. The van der Waals surface area contributed by atoms with Gasteiger partial charge in [0.1, 0.15) is 5.71 Å². The van der Waals surface area contributed by atoms with Crippen LogP contribution in [0.1, 0.15) is 41.0 Å². The maximum Gasteiger partial charge on any atom is 0.211 e. The number of hydrogen-bond acceptors (Lipinski definition) is 11. The van der Waals surface area contributed by atoms with E-state index in [0.717, 1.165) is 70.0 Å². The second kappa shape index (κ2) is 13.5. The van der Waals surface area contributed by atoms with Crippen molar-refractivity contribution < 1.29 is 5.21 Å². The number of aryl methyl sites for hydroxylation is 2. The van der Waals surface area contributed by atoms with E-state index in [1.54, 1.807) is 29.6 Å². The predicted octanol–water partition coefficient (Wildman–Crippen LogP) is 7.92. The molecule has 0 bridgehead atoms. The number of oxime groups is 1. The highest BCUT2D eigenvalue weighted by molar-refractivity contribution is 7.14. The molecule has 11 nitrogen and oxygen atoms in total. The van der Waals surface area contributed by atoms with Crippen LogP contribution in [0.5, 0.6) is 0 Å². The quantitative estimate of drug-likeness (QED) is 0.102. The fourth-order valence-corrected chi connectivity index (χ4v) is 6.72. The van der Waals surface area contributed by atoms with Crippen molar-refractivity contribution in [3.63, 3.8) is 0 Å². The van der Waals surface area contributed by atoms with Gasteiger partial charge >= 0.3 is 0 Å². The van der Waals surface area contributed by atoms with E-state index in [2.05, 4.69) is 59.6 Å². The van der Waals surface area contributed by atoms with Gasteiger partial charge in [0, 0.05) is 50.1 Å². The second-order valence-corrected chi connectivity index (χ2v) is 13.9. The molecule has 8 aromatic rings. The van der Waals surface area contributed by atoms with Crippen molar-refractivity contribution in [2.45, 2.75) is 33.7 Å². The van der Waals surface area contributed by atoms with Gasteiger partial charge in [0.05, 0.1) is 46.2 Å². The summed E-state index contributed by atoms with van der Waals surface area (Å²) < 4.78 is 3.73. The lowest BCUT2D eigenvalue weighted by atomic mass is 10.1. The number of fused-ring (bicyclic) bond motifs is 2. The summed E-state index contributed by atoms with van der Waals surface area (Å²) in [6, 6.07) is 23.8. The summed E-state index contributed by atoms with van der Waals surface area (Å²) in [6.45, 7) is 7.73. The highest BCUT2D eigenvalue weighted by Gasteiger charge is 2.13. The minimum absolute atomic E-state index is 0.0856. The summed E-state index contributed by atoms with van der Waals surface area (Å²) in [6.07, 6.45) is 7.41. The number of benzene rings is 2. The molecule has 0 aliphatic carbocycles. The molecular formula is C36H32N10OS2. The van der Waals surface area contributed by atoms with Crippen LogP contribution in [0.2, 0.25) is 0 Å². The van der Waals surface area contributed by atoms with Gasteiger partial charge in [-0.05, 0) is 64.1 Å². The van der Waals surface area contributed by atoms with Gasteiger partial charge in [0.2, 0.25) is 10.3 Å². The summed E-state index contributed by atoms with van der Waals surface area (Å²) >= 11 is 3.23. The van der Waals surface area contributed by atoms with Crippen molar-refractivity contribution in [3.8, 4) is 32.8 Å². The molecule has 8 rings (SSSR count). The first kappa shape index (κ1) is 31.9. The monoisotopic (exact) mass is 684 g/mol. The van der Waals surface area contributed by atoms with Crippen LogP contribution in [0.15, 0.2) is 103 Å². The van der Waals surface area contributed by atoms with Crippen molar-refractivity contribution in [2.75, 3.05) is 0 Å². The Balaban J connectivity index is 0.000000154. The first-order chi connectivity index (χ1) is 23.8. The topological polar surface area (TPSA) is 146 Å². The lowest BCUT2D eigenvalue weighted by Gasteiger charge is -2.08. The standard InChI is InChI=1S/C18H15N5OS.C18H17N5S/c1-11-9-19-18(25-11)23-17-8-13(6-7-14(17)10-20-23)16-5-3-4-15(21-16)12(2)22-24;1-11-9-20-18(24-11)23-17-8-13(6-7-14(17)10-21-23)16-5-3-4-15(22-16)12(2)19/h3-10,24H,1-2H3;3-10,12H,19H2,1-2H3/b22-12-;. The van der Waals surface area contributed by atoms with Gasteiger partial charge in [-0.3, -0.25) is 4.98 Å². The van der Waals surface area contributed by atoms with Crippen molar-refractivity contribution in [3.05, 3.63) is 119 Å². The molecular weight excluding hydrogens is 653 g/mol. The van der Waals surface area contributed by atoms with E-state index in [9.17, 15) is 0 Å². The first-order valence-corrected chi connectivity index (χ1v) is 17.1. The lowest BCUT2D eigenvalue weighted by molar-refractivity contribution is 0.319.